The van der Waals surface area contributed by atoms with Crippen molar-refractivity contribution >= 4 is 17.5 Å². The quantitative estimate of drug-likeness (QED) is 0.543. The molecule has 0 aromatic heterocycles. The number of rotatable bonds is 2. The van der Waals surface area contributed by atoms with Gasteiger partial charge < -0.3 is 0 Å². The second kappa shape index (κ2) is 6.16. The zero-order valence-corrected chi connectivity index (χ0v) is 18.1. The number of nitrogens with zero attached hydrogens (tertiary/aromatic N) is 1. The van der Waals surface area contributed by atoms with E-state index >= 15 is 0 Å². The molecule has 1 aliphatic heterocycles. The third-order valence-corrected chi connectivity index (χ3v) is 7.94. The molecule has 0 saturated carbocycles. The topological polar surface area (TPSA) is 37.4 Å². The number of imide groups is 1. The average molecular weight is 408 g/mol. The molecule has 3 nitrogen and oxygen atoms in total. The summed E-state index contributed by atoms with van der Waals surface area (Å²) in [7, 11) is 0. The smallest absolute Gasteiger partial charge is 0.238 e. The Morgan fingerprint density at radius 2 is 1.45 bits per heavy atom. The second-order valence-electron chi connectivity index (χ2n) is 9.28. The summed E-state index contributed by atoms with van der Waals surface area (Å²) in [5.41, 5.74) is 7.25. The summed E-state index contributed by atoms with van der Waals surface area (Å²) in [6.45, 7) is 6.18. The van der Waals surface area contributed by atoms with Crippen molar-refractivity contribution in [3.05, 3.63) is 100 Å². The fourth-order valence-corrected chi connectivity index (χ4v) is 6.82. The van der Waals surface area contributed by atoms with Crippen LogP contribution in [-0.4, -0.2) is 11.8 Å². The summed E-state index contributed by atoms with van der Waals surface area (Å²) in [5, 5.41) is 0. The number of anilines is 1. The van der Waals surface area contributed by atoms with Crippen molar-refractivity contribution in [2.24, 2.45) is 11.8 Å². The highest BCUT2D eigenvalue weighted by Crippen LogP contribution is 2.65. The van der Waals surface area contributed by atoms with E-state index in [-0.39, 0.29) is 29.6 Å². The first-order valence-corrected chi connectivity index (χ1v) is 11.1. The Bertz CT molecular complexity index is 1230. The van der Waals surface area contributed by atoms with E-state index in [2.05, 4.69) is 55.5 Å². The van der Waals surface area contributed by atoms with Gasteiger partial charge in [0.2, 0.25) is 11.8 Å². The van der Waals surface area contributed by atoms with E-state index in [0.29, 0.717) is 0 Å². The fraction of sp³-hybridized carbons (Fsp3) is 0.286. The first-order valence-electron chi connectivity index (χ1n) is 11.1. The Labute approximate surface area is 182 Å². The van der Waals surface area contributed by atoms with Crippen LogP contribution < -0.4 is 4.90 Å². The van der Waals surface area contributed by atoms with Crippen molar-refractivity contribution in [1.82, 2.24) is 0 Å². The van der Waals surface area contributed by atoms with Crippen molar-refractivity contribution < 1.29 is 9.59 Å². The molecule has 0 unspecified atom stereocenters. The minimum Gasteiger partial charge on any atom is -0.274 e. The van der Waals surface area contributed by atoms with Crippen molar-refractivity contribution in [2.45, 2.75) is 38.5 Å². The largest absolute Gasteiger partial charge is 0.274 e. The molecule has 2 amide bonds. The third-order valence-electron chi connectivity index (χ3n) is 7.94. The molecule has 3 aromatic rings. The molecule has 31 heavy (non-hydrogen) atoms. The van der Waals surface area contributed by atoms with Crippen LogP contribution in [-0.2, 0) is 15.0 Å². The molecule has 3 aliphatic carbocycles. The summed E-state index contributed by atoms with van der Waals surface area (Å²) in [4.78, 5) is 29.5. The normalized spacial score (nSPS) is 27.8. The number of carbonyl (C=O) groups excluding carboxylic acids is 2. The standard InChI is InChI=1S/C28H25NO2/c1-4-28-20-11-7-5-9-18(20)23(19-10-6-8-12-21(19)28)24-25(28)27(31)29(26(24)30)22-14-13-16(2)15-17(22)3/h5-15,23-25H,4H2,1-3H3/t23?,24-,25+,28?/m0/s1. The molecule has 0 radical (unpaired) electrons. The Morgan fingerprint density at radius 3 is 2.03 bits per heavy atom. The third kappa shape index (κ3) is 2.09. The molecular formula is C28H25NO2. The molecule has 0 N–H and O–H groups in total. The molecule has 154 valence electrons. The molecule has 0 spiro atoms. The van der Waals surface area contributed by atoms with Crippen LogP contribution >= 0.6 is 0 Å². The lowest BCUT2D eigenvalue weighted by Crippen LogP contribution is -2.53. The molecule has 2 bridgehead atoms. The predicted molar refractivity (Wildman–Crippen MR) is 121 cm³/mol. The maximum Gasteiger partial charge on any atom is 0.238 e. The summed E-state index contributed by atoms with van der Waals surface area (Å²) in [6.07, 6.45) is 0.786. The van der Waals surface area contributed by atoms with Gasteiger partial charge in [0.15, 0.2) is 0 Å². The Balaban J connectivity index is 1.64. The van der Waals surface area contributed by atoms with Crippen molar-refractivity contribution in [3.8, 4) is 0 Å². The van der Waals surface area contributed by atoms with Crippen molar-refractivity contribution in [3.63, 3.8) is 0 Å². The lowest BCUT2D eigenvalue weighted by molar-refractivity contribution is -0.123. The Hall–Kier alpha value is -3.20. The molecule has 1 saturated heterocycles. The summed E-state index contributed by atoms with van der Waals surface area (Å²) < 4.78 is 0. The van der Waals surface area contributed by atoms with Crippen molar-refractivity contribution in [2.75, 3.05) is 4.90 Å². The van der Waals surface area contributed by atoms with E-state index in [1.165, 1.54) is 27.2 Å². The van der Waals surface area contributed by atoms with Crippen LogP contribution in [0, 0.1) is 25.7 Å². The van der Waals surface area contributed by atoms with Gasteiger partial charge in [0.05, 0.1) is 17.5 Å². The first-order chi connectivity index (χ1) is 15.0. The maximum absolute atomic E-state index is 14.1. The summed E-state index contributed by atoms with van der Waals surface area (Å²) >= 11 is 0. The molecular weight excluding hydrogens is 382 g/mol. The van der Waals surface area contributed by atoms with Gasteiger partial charge in [-0.2, -0.15) is 0 Å². The maximum atomic E-state index is 14.1. The van der Waals surface area contributed by atoms with E-state index in [1.54, 1.807) is 0 Å². The van der Waals surface area contributed by atoms with Crippen LogP contribution in [0.4, 0.5) is 5.69 Å². The first kappa shape index (κ1) is 18.6. The van der Waals surface area contributed by atoms with Gasteiger partial charge in [-0.3, -0.25) is 9.59 Å². The molecule has 1 heterocycles. The van der Waals surface area contributed by atoms with Crippen LogP contribution in [0.3, 0.4) is 0 Å². The molecule has 3 heteroatoms. The average Bonchev–Trinajstić information content (AvgIpc) is 3.05. The number of amides is 2. The minimum atomic E-state index is -0.466. The highest BCUT2D eigenvalue weighted by molar-refractivity contribution is 6.24. The van der Waals surface area contributed by atoms with Gasteiger partial charge in [-0.25, -0.2) is 4.90 Å². The summed E-state index contributed by atoms with van der Waals surface area (Å²) in [5.74, 6) is -0.872. The zero-order valence-electron chi connectivity index (χ0n) is 18.1. The highest BCUT2D eigenvalue weighted by atomic mass is 16.2. The number of hydrogen-bond acceptors (Lipinski definition) is 2. The molecule has 4 aliphatic rings. The van der Waals surface area contributed by atoms with Crippen LogP contribution in [0.1, 0.15) is 52.6 Å². The zero-order chi connectivity index (χ0) is 21.5. The molecule has 3 aromatic carbocycles. The highest BCUT2D eigenvalue weighted by Gasteiger charge is 2.67. The van der Waals surface area contributed by atoms with E-state index in [9.17, 15) is 9.59 Å². The van der Waals surface area contributed by atoms with Gasteiger partial charge in [0.25, 0.3) is 0 Å². The number of aryl methyl sites for hydroxylation is 2. The van der Waals surface area contributed by atoms with E-state index in [1.807, 2.05) is 32.0 Å². The summed E-state index contributed by atoms with van der Waals surface area (Å²) in [6, 6.07) is 22.9. The lowest BCUT2D eigenvalue weighted by atomic mass is 9.46. The fourth-order valence-electron chi connectivity index (χ4n) is 6.82. The van der Waals surface area contributed by atoms with Gasteiger partial charge in [-0.05, 0) is 54.2 Å². The van der Waals surface area contributed by atoms with E-state index < -0.39 is 5.41 Å². The molecule has 7 rings (SSSR count). The predicted octanol–water partition coefficient (Wildman–Crippen LogP) is 5.26. The molecule has 1 fully saturated rings. The Kier molecular flexibility index (Phi) is 3.69. The molecule has 2 atom stereocenters. The number of carbonyl (C=O) groups is 2. The second-order valence-corrected chi connectivity index (χ2v) is 9.28. The van der Waals surface area contributed by atoms with Gasteiger partial charge in [0, 0.05) is 11.3 Å². The number of hydrogen-bond donors (Lipinski definition) is 0. The monoisotopic (exact) mass is 407 g/mol. The van der Waals surface area contributed by atoms with Crippen molar-refractivity contribution in [1.29, 1.82) is 0 Å². The Morgan fingerprint density at radius 1 is 0.839 bits per heavy atom. The van der Waals surface area contributed by atoms with Gasteiger partial charge in [-0.1, -0.05) is 73.2 Å². The SMILES string of the molecule is CCC12c3ccccc3C(c3ccccc31)[C@@H]1C(=O)N(c3ccc(C)cc3C)C(=O)[C@@H]12. The van der Waals surface area contributed by atoms with Crippen LogP contribution in [0.5, 0.6) is 0 Å². The van der Waals surface area contributed by atoms with E-state index in [4.69, 9.17) is 0 Å². The van der Waals surface area contributed by atoms with Crippen LogP contribution in [0.2, 0.25) is 0 Å². The van der Waals surface area contributed by atoms with Gasteiger partial charge in [0.1, 0.15) is 0 Å². The minimum absolute atomic E-state index is 0.0437. The lowest BCUT2D eigenvalue weighted by Gasteiger charge is -2.54. The van der Waals surface area contributed by atoms with Gasteiger partial charge in [-0.15, -0.1) is 0 Å². The number of benzene rings is 3. The van der Waals surface area contributed by atoms with Gasteiger partial charge >= 0.3 is 0 Å². The van der Waals surface area contributed by atoms with E-state index in [0.717, 1.165) is 23.2 Å². The van der Waals surface area contributed by atoms with Crippen LogP contribution in [0.15, 0.2) is 66.7 Å². The van der Waals surface area contributed by atoms with Crippen LogP contribution in [0.25, 0.3) is 0 Å².